The van der Waals surface area contributed by atoms with Gasteiger partial charge in [-0.25, -0.2) is 0 Å². The predicted molar refractivity (Wildman–Crippen MR) is 331 cm³/mol. The molecule has 1 atom stereocenters. The fourth-order valence-electron chi connectivity index (χ4n) is 15.6. The van der Waals surface area contributed by atoms with Gasteiger partial charge in [0.15, 0.2) is 0 Å². The van der Waals surface area contributed by atoms with E-state index in [-0.39, 0.29) is 45.2 Å². The number of benzene rings is 6. The van der Waals surface area contributed by atoms with E-state index in [1.54, 1.807) is 5.57 Å². The molecule has 5 aliphatic carbocycles. The van der Waals surface area contributed by atoms with Gasteiger partial charge in [0.25, 0.3) is 6.71 Å². The number of anilines is 6. The monoisotopic (exact) mass is 1020 g/mol. The van der Waals surface area contributed by atoms with Crippen LogP contribution in [-0.4, -0.2) is 12.8 Å². The van der Waals surface area contributed by atoms with E-state index >= 15 is 0 Å². The van der Waals surface area contributed by atoms with Crippen LogP contribution in [0, 0.1) is 0 Å². The Labute approximate surface area is 465 Å². The zero-order valence-corrected chi connectivity index (χ0v) is 48.7. The van der Waals surface area contributed by atoms with Gasteiger partial charge in [-0.05, 0) is 194 Å². The third-order valence-corrected chi connectivity index (χ3v) is 20.4. The normalized spacial score (nSPS) is 21.5. The Hall–Kier alpha value is -6.72. The van der Waals surface area contributed by atoms with Crippen LogP contribution in [0.2, 0.25) is 0 Å². The van der Waals surface area contributed by atoms with Gasteiger partial charge in [-0.2, -0.15) is 0 Å². The van der Waals surface area contributed by atoms with Crippen molar-refractivity contribution in [2.75, 3.05) is 14.7 Å². The largest absolute Gasteiger partial charge is 0.468 e. The minimum absolute atomic E-state index is 0.00193. The first-order valence-corrected chi connectivity index (χ1v) is 29.4. The van der Waals surface area contributed by atoms with Crippen molar-refractivity contribution in [1.29, 1.82) is 0 Å². The van der Waals surface area contributed by atoms with E-state index < -0.39 is 0 Å². The van der Waals surface area contributed by atoms with E-state index in [9.17, 15) is 0 Å². The molecule has 0 saturated heterocycles. The lowest BCUT2D eigenvalue weighted by Crippen LogP contribution is -2.61. The van der Waals surface area contributed by atoms with Gasteiger partial charge in [0.05, 0.1) is 17.4 Å². The highest BCUT2D eigenvalue weighted by Crippen LogP contribution is 2.57. The molecule has 6 aromatic carbocycles. The minimum atomic E-state index is -0.120. The van der Waals surface area contributed by atoms with Crippen molar-refractivity contribution in [3.8, 4) is 0 Å². The van der Waals surface area contributed by atoms with Crippen molar-refractivity contribution in [3.05, 3.63) is 207 Å². The standard InChI is InChI=1S/C73H78BN3O/c1-68(2,3)45-28-33-64-53(38-45)66-67(78-64)74-60-43-58-59(72(10,11)37-36-71(58,8)9)44-61(60)76(49-30-32-55-57(40-49)70(6,7)35-34-69(55,4)5)62-41-50(42-63(65(62)74)77(66)47-24-18-15-19-25-47)75(46-22-16-14-17-23-46)48-29-31-52-51-26-20-21-27-54(51)73(12,13)56(52)39-48/h14-20,22-26,28-33,38-41,43-44,63H,21,27,34-37,42H2,1-13H3. The van der Waals surface area contributed by atoms with Crippen molar-refractivity contribution in [2.45, 2.75) is 173 Å². The Morgan fingerprint density at radius 2 is 1.27 bits per heavy atom. The average Bonchev–Trinajstić information content (AvgIpc) is 4.03. The van der Waals surface area contributed by atoms with E-state index in [2.05, 4.69) is 250 Å². The van der Waals surface area contributed by atoms with Crippen LogP contribution in [0.25, 0.3) is 16.5 Å². The van der Waals surface area contributed by atoms with Crippen molar-refractivity contribution in [3.63, 3.8) is 0 Å². The number of hydrogen-bond donors (Lipinski definition) is 0. The molecule has 0 bridgehead atoms. The molecule has 4 nitrogen and oxygen atoms in total. The third kappa shape index (κ3) is 7.24. The number of para-hydroxylation sites is 2. The Morgan fingerprint density at radius 1 is 0.615 bits per heavy atom. The molecule has 0 fully saturated rings. The summed E-state index contributed by atoms with van der Waals surface area (Å²) >= 11 is 0. The molecule has 1 unspecified atom stereocenters. The molecular weight excluding hydrogens is 946 g/mol. The maximum absolute atomic E-state index is 7.59. The second kappa shape index (κ2) is 16.7. The topological polar surface area (TPSA) is 22.9 Å². The summed E-state index contributed by atoms with van der Waals surface area (Å²) in [5.74, 6) is 0. The molecule has 0 N–H and O–H groups in total. The Morgan fingerprint density at radius 3 is 1.96 bits per heavy atom. The summed E-state index contributed by atoms with van der Waals surface area (Å²) in [4.78, 5) is 8.06. The van der Waals surface area contributed by atoms with E-state index in [4.69, 9.17) is 4.42 Å². The van der Waals surface area contributed by atoms with E-state index in [1.807, 2.05) is 0 Å². The van der Waals surface area contributed by atoms with Crippen LogP contribution in [-0.2, 0) is 32.5 Å². The maximum Gasteiger partial charge on any atom is 0.292 e. The quantitative estimate of drug-likeness (QED) is 0.160. The van der Waals surface area contributed by atoms with Crippen LogP contribution in [0.3, 0.4) is 0 Å². The van der Waals surface area contributed by atoms with Crippen LogP contribution < -0.4 is 25.8 Å². The van der Waals surface area contributed by atoms with Gasteiger partial charge >= 0.3 is 0 Å². The molecule has 2 aliphatic heterocycles. The summed E-state index contributed by atoms with van der Waals surface area (Å²) in [6.07, 6.45) is 15.0. The molecule has 0 amide bonds. The molecule has 394 valence electrons. The molecule has 5 heteroatoms. The zero-order valence-electron chi connectivity index (χ0n) is 48.7. The van der Waals surface area contributed by atoms with Gasteiger partial charge < -0.3 is 19.1 Å². The van der Waals surface area contributed by atoms with Gasteiger partial charge in [-0.1, -0.05) is 168 Å². The van der Waals surface area contributed by atoms with Crippen LogP contribution in [0.4, 0.5) is 34.1 Å². The molecule has 3 heterocycles. The lowest BCUT2D eigenvalue weighted by atomic mass is 9.33. The molecular formula is C73H78BN3O. The first-order valence-electron chi connectivity index (χ1n) is 29.4. The molecule has 0 saturated carbocycles. The molecule has 7 aliphatic rings. The van der Waals surface area contributed by atoms with Gasteiger partial charge in [0.2, 0.25) is 0 Å². The molecule has 7 aromatic rings. The number of fused-ring (bicyclic) bond motifs is 10. The van der Waals surface area contributed by atoms with Crippen molar-refractivity contribution >= 4 is 68.5 Å². The highest BCUT2D eigenvalue weighted by molar-refractivity contribution is 6.93. The van der Waals surface area contributed by atoms with E-state index in [0.29, 0.717) is 0 Å². The Kier molecular flexibility index (Phi) is 10.6. The fourth-order valence-corrected chi connectivity index (χ4v) is 15.6. The molecule has 0 radical (unpaired) electrons. The lowest BCUT2D eigenvalue weighted by molar-refractivity contribution is 0.332. The number of allylic oxidation sites excluding steroid dienone is 5. The number of rotatable bonds is 5. The smallest absolute Gasteiger partial charge is 0.292 e. The summed E-state index contributed by atoms with van der Waals surface area (Å²) < 4.78 is 7.59. The molecule has 0 spiro atoms. The highest BCUT2D eigenvalue weighted by atomic mass is 16.3. The first-order chi connectivity index (χ1) is 37.0. The Bertz CT molecular complexity index is 3810. The Balaban J connectivity index is 1.10. The SMILES string of the molecule is CC(C)(C)c1ccc2oc3c(c2c1)N(c1ccccc1)C1CC(N(c2ccccc2)c2ccc4c(c2)C(C)(C)C2=C4C=CCC2)=CC2=C1B3c1cc3c(cc1N2c1ccc2c(c1)C(C)(C)CCC2(C)C)C(C)(C)CCC3(C)C. The van der Waals surface area contributed by atoms with E-state index in [1.165, 1.54) is 113 Å². The molecule has 14 rings (SSSR count). The van der Waals surface area contributed by atoms with Crippen LogP contribution in [0.5, 0.6) is 0 Å². The summed E-state index contributed by atoms with van der Waals surface area (Å²) in [6, 6.07) is 49.8. The van der Waals surface area contributed by atoms with Crippen molar-refractivity contribution in [2.24, 2.45) is 0 Å². The van der Waals surface area contributed by atoms with Gasteiger partial charge in [0, 0.05) is 57.1 Å². The van der Waals surface area contributed by atoms with Crippen LogP contribution >= 0.6 is 0 Å². The van der Waals surface area contributed by atoms with Crippen LogP contribution in [0.1, 0.15) is 174 Å². The van der Waals surface area contributed by atoms with Gasteiger partial charge in [-0.15, -0.1) is 0 Å². The lowest BCUT2D eigenvalue weighted by Gasteiger charge is -2.51. The average molecular weight is 1020 g/mol. The van der Waals surface area contributed by atoms with Gasteiger partial charge in [-0.3, -0.25) is 0 Å². The van der Waals surface area contributed by atoms with Crippen molar-refractivity contribution < 1.29 is 4.42 Å². The predicted octanol–water partition coefficient (Wildman–Crippen LogP) is 18.0. The first kappa shape index (κ1) is 49.6. The van der Waals surface area contributed by atoms with E-state index in [0.717, 1.165) is 49.8 Å². The maximum atomic E-state index is 7.59. The van der Waals surface area contributed by atoms with Crippen LogP contribution in [0.15, 0.2) is 172 Å². The summed E-state index contributed by atoms with van der Waals surface area (Å²) in [5.41, 5.74) is 27.6. The molecule has 1 aromatic heterocycles. The second-order valence-corrected chi connectivity index (χ2v) is 28.5. The highest BCUT2D eigenvalue weighted by Gasteiger charge is 2.54. The third-order valence-electron chi connectivity index (χ3n) is 20.4. The fraction of sp³-hybridized carbons (Fsp3) is 0.370. The summed E-state index contributed by atoms with van der Waals surface area (Å²) in [5, 5.41) is 1.19. The molecule has 78 heavy (non-hydrogen) atoms. The number of hydrogen-bond acceptors (Lipinski definition) is 4. The number of nitrogens with zero attached hydrogens (tertiary/aromatic N) is 3. The minimum Gasteiger partial charge on any atom is -0.468 e. The number of furan rings is 1. The van der Waals surface area contributed by atoms with Gasteiger partial charge in [0.1, 0.15) is 5.58 Å². The zero-order chi connectivity index (χ0) is 54.2. The second-order valence-electron chi connectivity index (χ2n) is 28.5. The summed E-state index contributed by atoms with van der Waals surface area (Å²) in [6.45, 7) is 31.6. The van der Waals surface area contributed by atoms with Crippen molar-refractivity contribution in [1.82, 2.24) is 0 Å². The summed E-state index contributed by atoms with van der Waals surface area (Å²) in [7, 11) is 0.